The SMILES string of the molecule is c1ccc2c(c1)CN[C@H]1CCCC[C@@H]21. The van der Waals surface area contributed by atoms with E-state index in [9.17, 15) is 0 Å². The molecular formula is C13H17N. The number of benzene rings is 1. The van der Waals surface area contributed by atoms with Crippen molar-refractivity contribution >= 4 is 0 Å². The zero-order valence-corrected chi connectivity index (χ0v) is 8.50. The van der Waals surface area contributed by atoms with Crippen molar-refractivity contribution in [3.63, 3.8) is 0 Å². The molecule has 0 spiro atoms. The first-order chi connectivity index (χ1) is 6.95. The minimum atomic E-state index is 0.763. The van der Waals surface area contributed by atoms with Crippen LogP contribution in [0.15, 0.2) is 24.3 Å². The van der Waals surface area contributed by atoms with E-state index < -0.39 is 0 Å². The van der Waals surface area contributed by atoms with E-state index in [-0.39, 0.29) is 0 Å². The van der Waals surface area contributed by atoms with Crippen molar-refractivity contribution in [2.24, 2.45) is 0 Å². The maximum Gasteiger partial charge on any atom is 0.0211 e. The fourth-order valence-corrected chi connectivity index (χ4v) is 3.05. The van der Waals surface area contributed by atoms with Gasteiger partial charge < -0.3 is 5.32 Å². The van der Waals surface area contributed by atoms with Crippen molar-refractivity contribution < 1.29 is 0 Å². The standard InChI is InChI=1S/C13H17N/c1-2-6-11-10(5-1)9-14-13-8-4-3-7-12(11)13/h1-2,5-6,12-14H,3-4,7-9H2/t12-,13-/m0/s1. The maximum absolute atomic E-state index is 3.68. The molecule has 1 aromatic rings. The first-order valence-electron chi connectivity index (χ1n) is 5.76. The second-order valence-electron chi connectivity index (χ2n) is 4.58. The van der Waals surface area contributed by atoms with Crippen molar-refractivity contribution in [1.82, 2.24) is 5.32 Å². The molecule has 0 amide bonds. The van der Waals surface area contributed by atoms with Crippen LogP contribution in [0.1, 0.15) is 42.7 Å². The number of rotatable bonds is 0. The Labute approximate surface area is 85.5 Å². The van der Waals surface area contributed by atoms with E-state index in [1.807, 2.05) is 0 Å². The van der Waals surface area contributed by atoms with Gasteiger partial charge in [-0.05, 0) is 29.9 Å². The molecule has 3 rings (SSSR count). The van der Waals surface area contributed by atoms with Gasteiger partial charge in [0.2, 0.25) is 0 Å². The van der Waals surface area contributed by atoms with Gasteiger partial charge in [-0.2, -0.15) is 0 Å². The lowest BCUT2D eigenvalue weighted by atomic mass is 9.76. The van der Waals surface area contributed by atoms with Gasteiger partial charge >= 0.3 is 0 Å². The fourth-order valence-electron chi connectivity index (χ4n) is 3.05. The molecule has 74 valence electrons. The van der Waals surface area contributed by atoms with E-state index in [4.69, 9.17) is 0 Å². The average Bonchev–Trinajstić information content (AvgIpc) is 2.29. The molecule has 1 aromatic carbocycles. The summed E-state index contributed by atoms with van der Waals surface area (Å²) in [5.41, 5.74) is 3.15. The van der Waals surface area contributed by atoms with Gasteiger partial charge in [-0.1, -0.05) is 37.1 Å². The van der Waals surface area contributed by atoms with E-state index in [0.717, 1.165) is 18.5 Å². The van der Waals surface area contributed by atoms with Gasteiger partial charge in [-0.15, -0.1) is 0 Å². The van der Waals surface area contributed by atoms with Crippen LogP contribution in [0.25, 0.3) is 0 Å². The highest BCUT2D eigenvalue weighted by molar-refractivity contribution is 5.34. The molecule has 0 radical (unpaired) electrons. The highest BCUT2D eigenvalue weighted by Gasteiger charge is 2.30. The van der Waals surface area contributed by atoms with E-state index in [2.05, 4.69) is 29.6 Å². The summed E-state index contributed by atoms with van der Waals surface area (Å²) in [7, 11) is 0. The molecule has 1 heteroatoms. The third-order valence-corrected chi connectivity index (χ3v) is 3.78. The topological polar surface area (TPSA) is 12.0 Å². The third kappa shape index (κ3) is 1.27. The molecule has 1 heterocycles. The molecule has 0 bridgehead atoms. The second-order valence-corrected chi connectivity index (χ2v) is 4.58. The van der Waals surface area contributed by atoms with Crippen LogP contribution in [0.3, 0.4) is 0 Å². The molecule has 2 atom stereocenters. The summed E-state index contributed by atoms with van der Waals surface area (Å²) in [5.74, 6) is 0.800. The molecule has 1 aliphatic carbocycles. The Hall–Kier alpha value is -0.820. The normalized spacial score (nSPS) is 30.6. The minimum absolute atomic E-state index is 0.763. The zero-order valence-electron chi connectivity index (χ0n) is 8.50. The van der Waals surface area contributed by atoms with Crippen molar-refractivity contribution in [2.75, 3.05) is 0 Å². The van der Waals surface area contributed by atoms with Crippen molar-refractivity contribution in [3.8, 4) is 0 Å². The highest BCUT2D eigenvalue weighted by atomic mass is 14.9. The van der Waals surface area contributed by atoms with Gasteiger partial charge in [0.15, 0.2) is 0 Å². The fraction of sp³-hybridized carbons (Fsp3) is 0.538. The molecule has 0 unspecified atom stereocenters. The molecule has 1 aliphatic heterocycles. The van der Waals surface area contributed by atoms with Gasteiger partial charge in [-0.3, -0.25) is 0 Å². The van der Waals surface area contributed by atoms with E-state index >= 15 is 0 Å². The summed E-state index contributed by atoms with van der Waals surface area (Å²) in [6, 6.07) is 9.71. The van der Waals surface area contributed by atoms with Crippen molar-refractivity contribution in [2.45, 2.75) is 44.2 Å². The first kappa shape index (κ1) is 8.49. The maximum atomic E-state index is 3.68. The largest absolute Gasteiger partial charge is 0.309 e. The monoisotopic (exact) mass is 187 g/mol. The molecule has 1 fully saturated rings. The summed E-state index contributed by atoms with van der Waals surface area (Å²) >= 11 is 0. The average molecular weight is 187 g/mol. The summed E-state index contributed by atoms with van der Waals surface area (Å²) < 4.78 is 0. The minimum Gasteiger partial charge on any atom is -0.309 e. The lowest BCUT2D eigenvalue weighted by molar-refractivity contribution is 0.308. The van der Waals surface area contributed by atoms with Gasteiger partial charge in [-0.25, -0.2) is 0 Å². The van der Waals surface area contributed by atoms with E-state index in [1.54, 1.807) is 5.56 Å². The Balaban J connectivity index is 1.99. The Bertz CT molecular complexity index is 332. The third-order valence-electron chi connectivity index (χ3n) is 3.78. The van der Waals surface area contributed by atoms with Crippen LogP contribution in [-0.2, 0) is 6.54 Å². The molecule has 1 nitrogen and oxygen atoms in total. The van der Waals surface area contributed by atoms with Gasteiger partial charge in [0.25, 0.3) is 0 Å². The number of hydrogen-bond acceptors (Lipinski definition) is 1. The Morgan fingerprint density at radius 3 is 2.93 bits per heavy atom. The Kier molecular flexibility index (Phi) is 2.06. The lowest BCUT2D eigenvalue weighted by Gasteiger charge is -2.38. The van der Waals surface area contributed by atoms with E-state index in [1.165, 1.54) is 31.2 Å². The van der Waals surface area contributed by atoms with Crippen LogP contribution in [0.4, 0.5) is 0 Å². The second kappa shape index (κ2) is 3.39. The van der Waals surface area contributed by atoms with Gasteiger partial charge in [0.1, 0.15) is 0 Å². The quantitative estimate of drug-likeness (QED) is 0.658. The molecule has 0 saturated heterocycles. The Morgan fingerprint density at radius 2 is 1.93 bits per heavy atom. The van der Waals surface area contributed by atoms with Crippen LogP contribution in [0.2, 0.25) is 0 Å². The van der Waals surface area contributed by atoms with E-state index in [0.29, 0.717) is 0 Å². The summed E-state index contributed by atoms with van der Waals surface area (Å²) in [5, 5.41) is 3.68. The zero-order chi connectivity index (χ0) is 9.38. The molecule has 1 saturated carbocycles. The van der Waals surface area contributed by atoms with Crippen LogP contribution < -0.4 is 5.32 Å². The molecular weight excluding hydrogens is 170 g/mol. The molecule has 0 aromatic heterocycles. The molecule has 2 aliphatic rings. The smallest absolute Gasteiger partial charge is 0.0211 e. The number of hydrogen-bond donors (Lipinski definition) is 1. The van der Waals surface area contributed by atoms with Crippen molar-refractivity contribution in [3.05, 3.63) is 35.4 Å². The van der Waals surface area contributed by atoms with Crippen LogP contribution >= 0.6 is 0 Å². The lowest BCUT2D eigenvalue weighted by Crippen LogP contribution is -2.41. The predicted octanol–water partition coefficient (Wildman–Crippen LogP) is 2.82. The van der Waals surface area contributed by atoms with Crippen LogP contribution in [0, 0.1) is 0 Å². The van der Waals surface area contributed by atoms with Gasteiger partial charge in [0.05, 0.1) is 0 Å². The summed E-state index contributed by atoms with van der Waals surface area (Å²) in [6.45, 7) is 1.08. The summed E-state index contributed by atoms with van der Waals surface area (Å²) in [4.78, 5) is 0. The summed E-state index contributed by atoms with van der Waals surface area (Å²) in [6.07, 6.45) is 5.58. The molecule has 14 heavy (non-hydrogen) atoms. The van der Waals surface area contributed by atoms with Gasteiger partial charge in [0, 0.05) is 12.6 Å². The Morgan fingerprint density at radius 1 is 1.07 bits per heavy atom. The predicted molar refractivity (Wildman–Crippen MR) is 58.3 cm³/mol. The van der Waals surface area contributed by atoms with Crippen molar-refractivity contribution in [1.29, 1.82) is 0 Å². The van der Waals surface area contributed by atoms with Crippen LogP contribution in [0.5, 0.6) is 0 Å². The van der Waals surface area contributed by atoms with Crippen LogP contribution in [-0.4, -0.2) is 6.04 Å². The number of nitrogens with one attached hydrogen (secondary N) is 1. The number of fused-ring (bicyclic) bond motifs is 3. The molecule has 1 N–H and O–H groups in total. The highest BCUT2D eigenvalue weighted by Crippen LogP contribution is 2.37. The first-order valence-corrected chi connectivity index (χ1v) is 5.76.